The molecule has 1 aromatic carbocycles. The first-order valence-electron chi connectivity index (χ1n) is 11.0. The van der Waals surface area contributed by atoms with E-state index in [1.165, 1.54) is 26.6 Å². The van der Waals surface area contributed by atoms with Crippen molar-refractivity contribution in [1.82, 2.24) is 19.0 Å². The molecule has 0 bridgehead atoms. The van der Waals surface area contributed by atoms with Crippen LogP contribution in [0.25, 0.3) is 0 Å². The molecule has 37 heavy (non-hydrogen) atoms. The normalized spacial score (nSPS) is 12.2. The highest BCUT2D eigenvalue weighted by atomic mass is 35.5. The summed E-state index contributed by atoms with van der Waals surface area (Å²) in [6.45, 7) is 0.167. The predicted octanol–water partition coefficient (Wildman–Crippen LogP) is 3.13. The number of nitrogens with one attached hydrogen (secondary N) is 2. The fraction of sp³-hybridized carbons (Fsp3) is 0.250. The summed E-state index contributed by atoms with van der Waals surface area (Å²) in [6, 6.07) is 10.8. The summed E-state index contributed by atoms with van der Waals surface area (Å²) in [6.07, 6.45) is 4.70. The third kappa shape index (κ3) is 7.94. The molecule has 3 rings (SSSR count). The average Bonchev–Trinajstić information content (AvgIpc) is 2.87. The van der Waals surface area contributed by atoms with Gasteiger partial charge in [-0.05, 0) is 36.2 Å². The minimum absolute atomic E-state index is 0.0240. The lowest BCUT2D eigenvalue weighted by molar-refractivity contribution is -0.142. The number of amides is 1. The number of hydrogen-bond donors (Lipinski definition) is 2. The number of rotatable bonds is 11. The number of carbonyl (C=O) groups excluding carboxylic acids is 2. The summed E-state index contributed by atoms with van der Waals surface area (Å²) >= 11 is 12.1. The van der Waals surface area contributed by atoms with Crippen molar-refractivity contribution in [1.29, 1.82) is 0 Å². The molecule has 2 heterocycles. The van der Waals surface area contributed by atoms with Gasteiger partial charge in [-0.15, -0.1) is 0 Å². The van der Waals surface area contributed by atoms with Crippen LogP contribution in [0.2, 0.25) is 10.0 Å². The Kier molecular flexibility index (Phi) is 9.95. The van der Waals surface area contributed by atoms with Crippen LogP contribution in [-0.2, 0) is 32.6 Å². The van der Waals surface area contributed by atoms with Crippen LogP contribution in [0.3, 0.4) is 0 Å². The van der Waals surface area contributed by atoms with Gasteiger partial charge in [0.2, 0.25) is 0 Å². The number of nitrogens with zero attached hydrogens (tertiary/aromatic N) is 3. The average molecular weight is 566 g/mol. The fourth-order valence-corrected chi connectivity index (χ4v) is 4.89. The Morgan fingerprint density at radius 3 is 2.35 bits per heavy atom. The minimum Gasteiger partial charge on any atom is -0.468 e. The van der Waals surface area contributed by atoms with Gasteiger partial charge in [0.05, 0.1) is 22.7 Å². The molecule has 1 atom stereocenters. The van der Waals surface area contributed by atoms with Gasteiger partial charge >= 0.3 is 5.97 Å². The Morgan fingerprint density at radius 1 is 1.08 bits per heavy atom. The maximum atomic E-state index is 12.9. The Balaban J connectivity index is 1.65. The number of likely N-dealkylation sites (N-methyl/N-ethyl adjacent to an activating group) is 1. The van der Waals surface area contributed by atoms with Crippen molar-refractivity contribution >= 4 is 51.0 Å². The van der Waals surface area contributed by atoms with Gasteiger partial charge in [-0.2, -0.15) is 17.4 Å². The van der Waals surface area contributed by atoms with E-state index in [9.17, 15) is 18.0 Å². The maximum Gasteiger partial charge on any atom is 0.324 e. The van der Waals surface area contributed by atoms with Crippen LogP contribution in [0.15, 0.2) is 61.1 Å². The number of hydrogen-bond acceptors (Lipinski definition) is 7. The Morgan fingerprint density at radius 2 is 1.76 bits per heavy atom. The molecule has 196 valence electrons. The molecule has 2 aromatic heterocycles. The van der Waals surface area contributed by atoms with Crippen LogP contribution < -0.4 is 10.0 Å². The molecule has 0 aliphatic heterocycles. The number of ether oxygens (including phenoxy) is 1. The highest BCUT2D eigenvalue weighted by Crippen LogP contribution is 2.24. The van der Waals surface area contributed by atoms with Crippen LogP contribution in [0, 0.1) is 0 Å². The number of aromatic nitrogens is 2. The quantitative estimate of drug-likeness (QED) is 0.341. The minimum atomic E-state index is -4.00. The number of carbonyl (C=O) groups is 2. The van der Waals surface area contributed by atoms with Crippen molar-refractivity contribution in [2.24, 2.45) is 0 Å². The van der Waals surface area contributed by atoms with Crippen LogP contribution in [-0.4, -0.2) is 61.3 Å². The van der Waals surface area contributed by atoms with Gasteiger partial charge in [0.25, 0.3) is 16.1 Å². The van der Waals surface area contributed by atoms with Crippen LogP contribution in [0.4, 0.5) is 5.69 Å². The zero-order valence-corrected chi connectivity index (χ0v) is 22.3. The molecule has 0 aliphatic carbocycles. The molecule has 0 aliphatic rings. The van der Waals surface area contributed by atoms with Gasteiger partial charge in [-0.25, -0.2) is 0 Å². The standard InChI is InChI=1S/C24H25Cl2N5O5S/c1-31(12-10-17-5-3-4-11-28-17)37(34,35)30-21(24(33)36-2)13-16-6-8-18(9-7-16)29-23(32)22-19(25)14-27-15-20(22)26/h3-9,11,14-15,21,30H,10,12-13H2,1-2H3,(H,29,32)/t21-/m0/s1. The molecule has 0 saturated heterocycles. The Bertz CT molecular complexity index is 1320. The molecule has 0 fully saturated rings. The van der Waals surface area contributed by atoms with Crippen molar-refractivity contribution < 1.29 is 22.7 Å². The van der Waals surface area contributed by atoms with E-state index in [1.54, 1.807) is 42.6 Å². The summed E-state index contributed by atoms with van der Waals surface area (Å²) in [5, 5.41) is 2.91. The van der Waals surface area contributed by atoms with Gasteiger partial charge in [0.15, 0.2) is 0 Å². The molecule has 2 N–H and O–H groups in total. The van der Waals surface area contributed by atoms with Crippen molar-refractivity contribution in [3.8, 4) is 0 Å². The van der Waals surface area contributed by atoms with Crippen molar-refractivity contribution in [3.05, 3.63) is 87.9 Å². The lowest BCUT2D eigenvalue weighted by Gasteiger charge is -2.22. The molecule has 0 unspecified atom stereocenters. The molecule has 3 aromatic rings. The first-order valence-corrected chi connectivity index (χ1v) is 13.2. The van der Waals surface area contributed by atoms with E-state index < -0.39 is 28.1 Å². The molecule has 0 radical (unpaired) electrons. The molecular formula is C24H25Cl2N5O5S. The Hall–Kier alpha value is -3.09. The second kappa shape index (κ2) is 12.9. The van der Waals surface area contributed by atoms with Crippen molar-refractivity contribution in [2.45, 2.75) is 18.9 Å². The van der Waals surface area contributed by atoms with E-state index in [2.05, 4.69) is 20.0 Å². The van der Waals surface area contributed by atoms with E-state index in [4.69, 9.17) is 27.9 Å². The van der Waals surface area contributed by atoms with Gasteiger partial charge in [0.1, 0.15) is 6.04 Å². The first-order chi connectivity index (χ1) is 17.6. The van der Waals surface area contributed by atoms with Crippen molar-refractivity contribution in [3.63, 3.8) is 0 Å². The lowest BCUT2D eigenvalue weighted by atomic mass is 10.1. The lowest BCUT2D eigenvalue weighted by Crippen LogP contribution is -2.48. The van der Waals surface area contributed by atoms with E-state index in [0.29, 0.717) is 17.7 Å². The molecule has 0 spiro atoms. The summed E-state index contributed by atoms with van der Waals surface area (Å²) in [5.74, 6) is -1.25. The highest BCUT2D eigenvalue weighted by molar-refractivity contribution is 7.87. The zero-order chi connectivity index (χ0) is 27.0. The number of esters is 1. The van der Waals surface area contributed by atoms with E-state index in [-0.39, 0.29) is 28.6 Å². The third-order valence-electron chi connectivity index (χ3n) is 5.33. The van der Waals surface area contributed by atoms with Crippen LogP contribution >= 0.6 is 23.2 Å². The van der Waals surface area contributed by atoms with Crippen molar-refractivity contribution in [2.75, 3.05) is 26.0 Å². The maximum absolute atomic E-state index is 12.9. The zero-order valence-electron chi connectivity index (χ0n) is 20.0. The largest absolute Gasteiger partial charge is 0.468 e. The molecule has 0 saturated carbocycles. The summed E-state index contributed by atoms with van der Waals surface area (Å²) in [4.78, 5) is 32.9. The number of pyridine rings is 2. The third-order valence-corrected chi connectivity index (χ3v) is 7.49. The number of benzene rings is 1. The van der Waals surface area contributed by atoms with Gasteiger partial charge in [-0.3, -0.25) is 19.6 Å². The van der Waals surface area contributed by atoms with Gasteiger partial charge in [-0.1, -0.05) is 41.4 Å². The summed E-state index contributed by atoms with van der Waals surface area (Å²) in [5.41, 5.74) is 1.92. The number of anilines is 1. The number of methoxy groups -OCH3 is 1. The second-order valence-electron chi connectivity index (χ2n) is 7.92. The monoisotopic (exact) mass is 565 g/mol. The SMILES string of the molecule is COC(=O)[C@H](Cc1ccc(NC(=O)c2c(Cl)cncc2Cl)cc1)NS(=O)(=O)N(C)CCc1ccccn1. The molecule has 10 nitrogen and oxygen atoms in total. The van der Waals surface area contributed by atoms with Crippen LogP contribution in [0.1, 0.15) is 21.6 Å². The summed E-state index contributed by atoms with van der Waals surface area (Å²) < 4.78 is 34.0. The Labute approximate surface area is 225 Å². The topological polar surface area (TPSA) is 131 Å². The fourth-order valence-electron chi connectivity index (χ4n) is 3.31. The molecule has 13 heteroatoms. The number of halogens is 2. The first kappa shape index (κ1) is 28.5. The van der Waals surface area contributed by atoms with Crippen LogP contribution in [0.5, 0.6) is 0 Å². The van der Waals surface area contributed by atoms with Gasteiger partial charge < -0.3 is 10.1 Å². The summed E-state index contributed by atoms with van der Waals surface area (Å²) in [7, 11) is -1.40. The second-order valence-corrected chi connectivity index (χ2v) is 10.5. The predicted molar refractivity (Wildman–Crippen MR) is 141 cm³/mol. The van der Waals surface area contributed by atoms with E-state index in [0.717, 1.165) is 10.00 Å². The van der Waals surface area contributed by atoms with E-state index >= 15 is 0 Å². The molecule has 1 amide bonds. The highest BCUT2D eigenvalue weighted by Gasteiger charge is 2.28. The van der Waals surface area contributed by atoms with Gasteiger partial charge in [0, 0.05) is 50.0 Å². The molecular weight excluding hydrogens is 541 g/mol. The van der Waals surface area contributed by atoms with E-state index in [1.807, 2.05) is 6.07 Å². The smallest absolute Gasteiger partial charge is 0.324 e.